The van der Waals surface area contributed by atoms with Gasteiger partial charge in [0.2, 0.25) is 35.4 Å². The zero-order chi connectivity index (χ0) is 47.9. The molecule has 9 rings (SSSR count). The minimum absolute atomic E-state index is 0.0172. The van der Waals surface area contributed by atoms with E-state index in [0.717, 1.165) is 81.9 Å². The zero-order valence-corrected chi connectivity index (χ0v) is 41.8. The predicted octanol–water partition coefficient (Wildman–Crippen LogP) is 4.65. The number of hydrogen-bond donors (Lipinski definition) is 6. The van der Waals surface area contributed by atoms with Crippen molar-refractivity contribution in [1.82, 2.24) is 36.4 Å². The van der Waals surface area contributed by atoms with Gasteiger partial charge >= 0.3 is 0 Å². The third-order valence-corrected chi connectivity index (χ3v) is 19.5. The maximum atomic E-state index is 14.8. The molecule has 16 heteroatoms. The molecule has 7 aliphatic rings. The van der Waals surface area contributed by atoms with Gasteiger partial charge in [-0.05, 0) is 137 Å². The van der Waals surface area contributed by atoms with E-state index in [2.05, 4.69) is 61.8 Å². The highest BCUT2D eigenvalue weighted by Gasteiger charge is 2.55. The molecule has 0 aromatic heterocycles. The molecule has 68 heavy (non-hydrogen) atoms. The van der Waals surface area contributed by atoms with Gasteiger partial charge in [0.1, 0.15) is 12.1 Å². The highest BCUT2D eigenvalue weighted by molar-refractivity contribution is 8.00. The number of aryl methyl sites for hydroxylation is 2. The van der Waals surface area contributed by atoms with Gasteiger partial charge in [-0.25, -0.2) is 0 Å². The number of carbonyl (C=O) groups excluding carboxylic acids is 6. The molecule has 14 nitrogen and oxygen atoms in total. The molecule has 4 aliphatic heterocycles. The number of nitrogens with zero attached hydrogens (tertiary/aromatic N) is 2. The van der Waals surface area contributed by atoms with E-state index in [1.807, 2.05) is 43.8 Å². The number of benzene rings is 2. The number of amides is 6. The van der Waals surface area contributed by atoms with E-state index in [0.29, 0.717) is 31.4 Å². The largest absolute Gasteiger partial charge is 0.368 e. The van der Waals surface area contributed by atoms with Crippen molar-refractivity contribution in [2.24, 2.45) is 23.0 Å². The van der Waals surface area contributed by atoms with Crippen LogP contribution in [0.15, 0.2) is 48.5 Å². The Labute approximate surface area is 410 Å². The van der Waals surface area contributed by atoms with Gasteiger partial charge in [0.25, 0.3) is 0 Å². The molecule has 4 heterocycles. The summed E-state index contributed by atoms with van der Waals surface area (Å²) in [6.07, 6.45) is 10.8. The van der Waals surface area contributed by atoms with Gasteiger partial charge in [0.05, 0.1) is 34.8 Å². The third kappa shape index (κ3) is 9.94. The Kier molecular flexibility index (Phi) is 14.9. The van der Waals surface area contributed by atoms with Crippen LogP contribution in [0.25, 0.3) is 0 Å². The second kappa shape index (κ2) is 20.7. The van der Waals surface area contributed by atoms with Gasteiger partial charge in [0.15, 0.2) is 0 Å². The molecule has 3 unspecified atom stereocenters. The summed E-state index contributed by atoms with van der Waals surface area (Å²) in [4.78, 5) is 87.4. The maximum absolute atomic E-state index is 14.8. The lowest BCUT2D eigenvalue weighted by molar-refractivity contribution is -0.144. The average Bonchev–Trinajstić information content (AvgIpc) is 3.72. The highest BCUT2D eigenvalue weighted by atomic mass is 32.2. The monoisotopic (exact) mass is 969 g/mol. The Hall–Kier alpha value is -4.12. The number of thioether (sulfide) groups is 2. The third-order valence-electron chi connectivity index (χ3n) is 16.6. The molecular formula is C52H72N8O6S2. The van der Waals surface area contributed by atoms with Crippen molar-refractivity contribution in [3.8, 4) is 0 Å². The highest BCUT2D eigenvalue weighted by Crippen LogP contribution is 2.50. The summed E-state index contributed by atoms with van der Waals surface area (Å²) in [6.45, 7) is 6.67. The van der Waals surface area contributed by atoms with Crippen LogP contribution in [0.5, 0.6) is 0 Å². The van der Waals surface area contributed by atoms with Crippen LogP contribution in [0.4, 0.5) is 0 Å². The molecule has 0 radical (unpaired) electrons. The lowest BCUT2D eigenvalue weighted by atomic mass is 9.72. The number of carbonyl (C=O) groups is 6. The summed E-state index contributed by atoms with van der Waals surface area (Å²) < 4.78 is 0. The van der Waals surface area contributed by atoms with Gasteiger partial charge < -0.3 is 37.2 Å². The fourth-order valence-corrected chi connectivity index (χ4v) is 16.3. The first-order valence-electron chi connectivity index (χ1n) is 25.4. The fourth-order valence-electron chi connectivity index (χ4n) is 12.9. The Morgan fingerprint density at radius 1 is 0.735 bits per heavy atom. The SMILES string of the molecule is CN[C@@H](C)C(=O)N[C@H]1CCS[C@H]2CC(C)(C)[C@@H](C(=O)N[C@H]3c4ccccc4CC[C@H]3C(=O)NC3CCC(NC(=O)[C@@H]4CCc5ccccc5[C@@H]4C4CCCN5C(CCC5C(N)=O)S4)CC3)N2C1=O. The number of likely N-dealkylation sites (N-methyl/N-ethyl adjacent to an activating group) is 1. The van der Waals surface area contributed by atoms with Crippen LogP contribution in [0, 0.1) is 17.3 Å². The van der Waals surface area contributed by atoms with Gasteiger partial charge in [-0.3, -0.25) is 33.7 Å². The van der Waals surface area contributed by atoms with Crippen molar-refractivity contribution in [1.29, 1.82) is 0 Å². The molecule has 0 bridgehead atoms. The zero-order valence-electron chi connectivity index (χ0n) is 40.2. The molecule has 0 spiro atoms. The van der Waals surface area contributed by atoms with Gasteiger partial charge in [-0.15, -0.1) is 23.5 Å². The van der Waals surface area contributed by atoms with Gasteiger partial charge in [-0.2, -0.15) is 0 Å². The molecule has 2 aromatic carbocycles. The lowest BCUT2D eigenvalue weighted by Gasteiger charge is -2.40. The van der Waals surface area contributed by atoms with Crippen molar-refractivity contribution in [2.75, 3.05) is 19.3 Å². The van der Waals surface area contributed by atoms with E-state index in [1.165, 1.54) is 11.1 Å². The average molecular weight is 969 g/mol. The van der Waals surface area contributed by atoms with Crippen LogP contribution in [0.2, 0.25) is 0 Å². The smallest absolute Gasteiger partial charge is 0.246 e. The predicted molar refractivity (Wildman–Crippen MR) is 266 cm³/mol. The minimum atomic E-state index is -0.784. The van der Waals surface area contributed by atoms with Crippen molar-refractivity contribution in [3.05, 3.63) is 70.8 Å². The Morgan fingerprint density at radius 2 is 1.37 bits per heavy atom. The molecule has 3 aliphatic carbocycles. The van der Waals surface area contributed by atoms with Crippen LogP contribution in [-0.2, 0) is 41.6 Å². The lowest BCUT2D eigenvalue weighted by Crippen LogP contribution is -2.59. The van der Waals surface area contributed by atoms with Crippen LogP contribution in [0.1, 0.15) is 132 Å². The number of primary amides is 1. The first-order valence-corrected chi connectivity index (χ1v) is 27.4. The molecule has 7 N–H and O–H groups in total. The molecule has 6 amide bonds. The second-order valence-electron chi connectivity index (χ2n) is 21.3. The van der Waals surface area contributed by atoms with Crippen LogP contribution in [0.3, 0.4) is 0 Å². The molecular weight excluding hydrogens is 897 g/mol. The number of hydrogen-bond acceptors (Lipinski definition) is 10. The Balaban J connectivity index is 0.844. The first kappa shape index (κ1) is 48.9. The minimum Gasteiger partial charge on any atom is -0.368 e. The van der Waals surface area contributed by atoms with E-state index >= 15 is 0 Å². The fraction of sp³-hybridized carbons (Fsp3) is 0.654. The second-order valence-corrected chi connectivity index (χ2v) is 24.0. The number of nitrogens with one attached hydrogen (secondary N) is 5. The van der Waals surface area contributed by atoms with Crippen LogP contribution < -0.4 is 32.3 Å². The van der Waals surface area contributed by atoms with E-state index in [9.17, 15) is 28.8 Å². The van der Waals surface area contributed by atoms with E-state index in [-0.39, 0.29) is 81.4 Å². The summed E-state index contributed by atoms with van der Waals surface area (Å²) >= 11 is 3.62. The van der Waals surface area contributed by atoms with Crippen LogP contribution >= 0.6 is 23.5 Å². The Morgan fingerprint density at radius 3 is 2.04 bits per heavy atom. The first-order chi connectivity index (χ1) is 32.7. The van der Waals surface area contributed by atoms with E-state index in [1.54, 1.807) is 30.6 Å². The van der Waals surface area contributed by atoms with Gasteiger partial charge in [0, 0.05) is 35.7 Å². The summed E-state index contributed by atoms with van der Waals surface area (Å²) in [5, 5.41) is 16.4. The normalized spacial score (nSPS) is 33.8. The summed E-state index contributed by atoms with van der Waals surface area (Å²) in [5.74, 6) is -0.864. The standard InChI is InChI=1S/C52H72N8O6S2/c1-29(54-4)47(62)57-38-25-27-67-42-28-52(2,3)45(60(42)51(38)66)50(65)58-44-35-13-8-6-11-31(35)16-22-37(44)49(64)56-33-19-17-32(18-20-33)55-48(63)36-21-15-30-10-5-7-12-34(30)43(36)40-14-9-26-59-39(46(53)61)23-24-41(59)68-40/h5-8,10-13,29,32-33,36-45,54H,9,14-28H2,1-4H3,(H2,53,61)(H,55,63)(H,56,64)(H,57,62)(H,58,65)/t29-,32?,33?,36+,37+,38-,39?,40?,41?,42-,43-,44-,45+/m0/s1. The molecule has 5 fully saturated rings. The molecule has 4 saturated heterocycles. The number of nitrogens with two attached hydrogens (primary N) is 1. The van der Waals surface area contributed by atoms with Crippen molar-refractivity contribution < 1.29 is 28.8 Å². The van der Waals surface area contributed by atoms with Crippen molar-refractivity contribution in [3.63, 3.8) is 0 Å². The van der Waals surface area contributed by atoms with Crippen molar-refractivity contribution >= 4 is 59.0 Å². The molecule has 2 aromatic rings. The molecule has 368 valence electrons. The van der Waals surface area contributed by atoms with Crippen molar-refractivity contribution in [2.45, 2.75) is 175 Å². The molecule has 1 saturated carbocycles. The van der Waals surface area contributed by atoms with Crippen LogP contribution in [-0.4, -0.2) is 117 Å². The van der Waals surface area contributed by atoms with E-state index in [4.69, 9.17) is 5.73 Å². The molecule has 11 atom stereocenters. The summed E-state index contributed by atoms with van der Waals surface area (Å²) in [5.41, 5.74) is 9.93. The summed E-state index contributed by atoms with van der Waals surface area (Å²) in [6, 6.07) is 13.8. The maximum Gasteiger partial charge on any atom is 0.246 e. The quantitative estimate of drug-likeness (QED) is 0.185. The van der Waals surface area contributed by atoms with E-state index < -0.39 is 35.5 Å². The van der Waals surface area contributed by atoms with Gasteiger partial charge in [-0.1, -0.05) is 62.4 Å². The number of rotatable bonds is 11. The Bertz CT molecular complexity index is 2240. The summed E-state index contributed by atoms with van der Waals surface area (Å²) in [7, 11) is 1.70. The topological polar surface area (TPSA) is 195 Å². The number of fused-ring (bicyclic) bond motifs is 4.